The molecule has 2 aromatic carbocycles. The molecule has 0 aromatic heterocycles. The summed E-state index contributed by atoms with van der Waals surface area (Å²) in [5.41, 5.74) is -0.374. The molecule has 2 bridgehead atoms. The second-order valence-corrected chi connectivity index (χ2v) is 13.1. The molecule has 1 spiro atoms. The monoisotopic (exact) mass is 643 g/mol. The molecule has 3 saturated heterocycles. The molecule has 5 atom stereocenters. The summed E-state index contributed by atoms with van der Waals surface area (Å²) in [6.07, 6.45) is 7.48. The number of benzene rings is 2. The summed E-state index contributed by atoms with van der Waals surface area (Å²) in [4.78, 5) is 49.2. The first kappa shape index (κ1) is 34.4. The number of rotatable bonds is 17. The zero-order valence-electron chi connectivity index (χ0n) is 27.8. The van der Waals surface area contributed by atoms with Crippen molar-refractivity contribution in [1.29, 1.82) is 0 Å². The normalized spacial score (nSPS) is 25.8. The molecule has 2 unspecified atom stereocenters. The molecule has 3 aliphatic heterocycles. The lowest BCUT2D eigenvalue weighted by Crippen LogP contribution is -2.56. The highest BCUT2D eigenvalue weighted by Crippen LogP contribution is 2.63. The highest BCUT2D eigenvalue weighted by Gasteiger charge is 2.78. The van der Waals surface area contributed by atoms with Crippen molar-refractivity contribution in [2.45, 2.75) is 76.2 Å². The van der Waals surface area contributed by atoms with E-state index in [4.69, 9.17) is 9.47 Å². The lowest BCUT2D eigenvalue weighted by atomic mass is 9.66. The van der Waals surface area contributed by atoms with Gasteiger partial charge in [-0.15, -0.1) is 13.2 Å². The Labute approximate surface area is 278 Å². The van der Waals surface area contributed by atoms with Crippen molar-refractivity contribution in [1.82, 2.24) is 9.80 Å². The summed E-state index contributed by atoms with van der Waals surface area (Å²) in [5, 5.41) is 9.27. The van der Waals surface area contributed by atoms with Crippen LogP contribution in [0.1, 0.15) is 57.9 Å². The van der Waals surface area contributed by atoms with Gasteiger partial charge in [0.05, 0.1) is 24.0 Å². The van der Waals surface area contributed by atoms with Gasteiger partial charge in [-0.05, 0) is 69.4 Å². The summed E-state index contributed by atoms with van der Waals surface area (Å²) < 4.78 is 12.5. The number of unbranched alkanes of at least 4 members (excludes halogenated alkanes) is 3. The van der Waals surface area contributed by atoms with Crippen molar-refractivity contribution in [2.24, 2.45) is 11.8 Å². The quantitative estimate of drug-likeness (QED) is 0.190. The van der Waals surface area contributed by atoms with E-state index >= 15 is 0 Å². The number of hydrogen-bond acceptors (Lipinski definition) is 6. The van der Waals surface area contributed by atoms with Crippen LogP contribution >= 0.6 is 0 Å². The number of amides is 3. The van der Waals surface area contributed by atoms with E-state index in [1.807, 2.05) is 68.4 Å². The van der Waals surface area contributed by atoms with Gasteiger partial charge in [-0.2, -0.15) is 0 Å². The molecule has 9 nitrogen and oxygen atoms in total. The number of nitrogens with zero attached hydrogens (tertiary/aromatic N) is 3. The number of carbonyl (C=O) groups excluding carboxylic acids is 3. The molecule has 0 radical (unpaired) electrons. The van der Waals surface area contributed by atoms with Crippen LogP contribution in [0.2, 0.25) is 0 Å². The predicted molar refractivity (Wildman–Crippen MR) is 182 cm³/mol. The molecule has 252 valence electrons. The number of ether oxygens (including phenoxy) is 2. The summed E-state index contributed by atoms with van der Waals surface area (Å²) in [7, 11) is 0. The van der Waals surface area contributed by atoms with Gasteiger partial charge >= 0.3 is 0 Å². The van der Waals surface area contributed by atoms with Gasteiger partial charge in [0.1, 0.15) is 17.4 Å². The molecule has 0 saturated carbocycles. The maximum Gasteiger partial charge on any atom is 0.248 e. The average Bonchev–Trinajstić information content (AvgIpc) is 3.64. The van der Waals surface area contributed by atoms with Crippen LogP contribution in [0.15, 0.2) is 79.9 Å². The molecule has 9 heteroatoms. The van der Waals surface area contributed by atoms with Gasteiger partial charge < -0.3 is 29.3 Å². The van der Waals surface area contributed by atoms with Crippen LogP contribution in [0.4, 0.5) is 5.69 Å². The predicted octanol–water partition coefficient (Wildman–Crippen LogP) is 5.14. The molecule has 5 rings (SSSR count). The van der Waals surface area contributed by atoms with Crippen LogP contribution in [0.3, 0.4) is 0 Å². The van der Waals surface area contributed by atoms with Gasteiger partial charge in [0.15, 0.2) is 0 Å². The lowest BCUT2D eigenvalue weighted by Gasteiger charge is -2.37. The first-order valence-corrected chi connectivity index (χ1v) is 16.9. The van der Waals surface area contributed by atoms with Crippen LogP contribution in [0, 0.1) is 11.8 Å². The number of hydrogen-bond donors (Lipinski definition) is 1. The van der Waals surface area contributed by atoms with Gasteiger partial charge in [0, 0.05) is 38.5 Å². The number of anilines is 1. The molecule has 3 fully saturated rings. The maximum absolute atomic E-state index is 14.7. The fourth-order valence-electron chi connectivity index (χ4n) is 7.94. The molecule has 1 N–H and O–H groups in total. The average molecular weight is 644 g/mol. The van der Waals surface area contributed by atoms with Crippen LogP contribution in [-0.4, -0.2) is 82.7 Å². The zero-order chi connectivity index (χ0) is 33.6. The summed E-state index contributed by atoms with van der Waals surface area (Å²) in [6.45, 7) is 13.6. The Kier molecular flexibility index (Phi) is 10.9. The van der Waals surface area contributed by atoms with Gasteiger partial charge in [-0.3, -0.25) is 14.4 Å². The second kappa shape index (κ2) is 14.9. The Bertz CT molecular complexity index is 1430. The number of carbonyl (C=O) groups is 3. The van der Waals surface area contributed by atoms with Gasteiger partial charge in [0.25, 0.3) is 0 Å². The van der Waals surface area contributed by atoms with Gasteiger partial charge in [-0.25, -0.2) is 0 Å². The highest BCUT2D eigenvalue weighted by molar-refractivity contribution is 6.03. The minimum Gasteiger partial charge on any atom is -0.494 e. The Balaban J connectivity index is 1.51. The summed E-state index contributed by atoms with van der Waals surface area (Å²) in [5.74, 6) is -1.45. The fraction of sp³-hybridized carbons (Fsp3) is 0.500. The van der Waals surface area contributed by atoms with E-state index in [1.165, 1.54) is 0 Å². The van der Waals surface area contributed by atoms with E-state index in [1.54, 1.807) is 26.9 Å². The maximum atomic E-state index is 14.7. The zero-order valence-corrected chi connectivity index (χ0v) is 27.8. The summed E-state index contributed by atoms with van der Waals surface area (Å²) >= 11 is 0. The summed E-state index contributed by atoms with van der Waals surface area (Å²) in [6, 6.07) is 16.3. The van der Waals surface area contributed by atoms with Gasteiger partial charge in [-0.1, -0.05) is 55.3 Å². The Morgan fingerprint density at radius 1 is 1.00 bits per heavy atom. The lowest BCUT2D eigenvalue weighted by molar-refractivity contribution is -0.151. The number of aliphatic hydroxyl groups excluding tert-OH is 1. The standard InChI is InChI=1S/C38H49N3O6/c1-5-23-39(27-28-15-11-10-12-16-28)36(45)33-38-22-21-37(4,47-38)31(32(38)35(44)41(33)25-13-8-9-14-26-42)34(43)40(24-6-2)29-17-19-30(20-18-29)46-7-3/h5-6,10-12,15-20,31-33,42H,1-2,7-9,13-14,21-27H2,3-4H3/t31-,32+,33?,37+,38?/m1/s1. The van der Waals surface area contributed by atoms with Crippen molar-refractivity contribution in [2.75, 3.05) is 37.7 Å². The second-order valence-electron chi connectivity index (χ2n) is 13.1. The third-order valence-electron chi connectivity index (χ3n) is 10.00. The molecule has 3 aliphatic rings. The Morgan fingerprint density at radius 2 is 1.70 bits per heavy atom. The van der Waals surface area contributed by atoms with Crippen molar-refractivity contribution in [3.63, 3.8) is 0 Å². The van der Waals surface area contributed by atoms with Crippen LogP contribution in [-0.2, 0) is 25.7 Å². The number of fused-ring (bicyclic) bond motifs is 1. The van der Waals surface area contributed by atoms with E-state index in [0.717, 1.165) is 18.4 Å². The van der Waals surface area contributed by atoms with E-state index < -0.39 is 29.1 Å². The van der Waals surface area contributed by atoms with Crippen LogP contribution < -0.4 is 9.64 Å². The minimum absolute atomic E-state index is 0.122. The van der Waals surface area contributed by atoms with Crippen molar-refractivity contribution in [3.05, 3.63) is 85.5 Å². The largest absolute Gasteiger partial charge is 0.494 e. The number of aliphatic hydroxyl groups is 1. The molecule has 47 heavy (non-hydrogen) atoms. The SMILES string of the molecule is C=CCN(Cc1ccccc1)C(=O)C1N(CCCCCCO)C(=O)[C@@H]2[C@H](C(=O)N(CC=C)c3ccc(OCC)cc3)[C@]3(C)CCC12O3. The van der Waals surface area contributed by atoms with Gasteiger partial charge in [0.2, 0.25) is 17.7 Å². The molecule has 0 aliphatic carbocycles. The van der Waals surface area contributed by atoms with E-state index in [-0.39, 0.29) is 30.9 Å². The van der Waals surface area contributed by atoms with Crippen LogP contribution in [0.5, 0.6) is 5.75 Å². The third kappa shape index (κ3) is 6.61. The van der Waals surface area contributed by atoms with E-state index in [9.17, 15) is 19.5 Å². The Hall–Kier alpha value is -3.95. The first-order chi connectivity index (χ1) is 22.7. The fourth-order valence-corrected chi connectivity index (χ4v) is 7.94. The minimum atomic E-state index is -1.12. The van der Waals surface area contributed by atoms with Crippen LogP contribution in [0.25, 0.3) is 0 Å². The molecular weight excluding hydrogens is 594 g/mol. The Morgan fingerprint density at radius 3 is 2.36 bits per heavy atom. The van der Waals surface area contributed by atoms with Crippen molar-refractivity contribution in [3.8, 4) is 5.75 Å². The van der Waals surface area contributed by atoms with E-state index in [2.05, 4.69) is 13.2 Å². The first-order valence-electron chi connectivity index (χ1n) is 16.9. The van der Waals surface area contributed by atoms with E-state index in [0.29, 0.717) is 63.4 Å². The smallest absolute Gasteiger partial charge is 0.248 e. The topological polar surface area (TPSA) is 99.6 Å². The number of likely N-dealkylation sites (tertiary alicyclic amines) is 1. The third-order valence-corrected chi connectivity index (χ3v) is 10.00. The molecule has 3 amide bonds. The highest BCUT2D eigenvalue weighted by atomic mass is 16.5. The van der Waals surface area contributed by atoms with Crippen molar-refractivity contribution >= 4 is 23.4 Å². The van der Waals surface area contributed by atoms with Crippen molar-refractivity contribution < 1.29 is 29.0 Å². The molecule has 3 heterocycles. The molecular formula is C38H49N3O6. The molecule has 2 aromatic rings.